The molecule has 1 N–H and O–H groups in total. The van der Waals surface area contributed by atoms with E-state index in [0.717, 1.165) is 24.1 Å². The van der Waals surface area contributed by atoms with E-state index in [1.54, 1.807) is 23.5 Å². The monoisotopic (exact) mass is 430 g/mol. The highest BCUT2D eigenvalue weighted by Crippen LogP contribution is 2.27. The number of nitrogens with zero attached hydrogens (tertiary/aromatic N) is 3. The topological polar surface area (TPSA) is 71.3 Å². The Balaban J connectivity index is 1.39. The van der Waals surface area contributed by atoms with Crippen LogP contribution in [0.3, 0.4) is 0 Å². The zero-order chi connectivity index (χ0) is 20.2. The first-order valence-electron chi connectivity index (χ1n) is 9.77. The second-order valence-electron chi connectivity index (χ2n) is 7.28. The van der Waals surface area contributed by atoms with Gasteiger partial charge >= 0.3 is 0 Å². The van der Waals surface area contributed by atoms with E-state index in [2.05, 4.69) is 15.5 Å². The lowest BCUT2D eigenvalue weighted by Gasteiger charge is -2.31. The van der Waals surface area contributed by atoms with Crippen LogP contribution in [-0.2, 0) is 6.54 Å². The predicted octanol–water partition coefficient (Wildman–Crippen LogP) is 5.47. The summed E-state index contributed by atoms with van der Waals surface area (Å²) < 4.78 is 5.29. The molecule has 0 bridgehead atoms. The number of carbonyl (C=O) groups is 1. The Labute approximate surface area is 178 Å². The van der Waals surface area contributed by atoms with E-state index >= 15 is 0 Å². The van der Waals surface area contributed by atoms with Crippen LogP contribution >= 0.6 is 22.9 Å². The van der Waals surface area contributed by atoms with Crippen molar-refractivity contribution in [3.8, 4) is 11.4 Å². The maximum atomic E-state index is 12.9. The molecule has 152 valence electrons. The van der Waals surface area contributed by atoms with E-state index < -0.39 is 0 Å². The average Bonchev–Trinajstić information content (AvgIpc) is 3.44. The van der Waals surface area contributed by atoms with Crippen molar-refractivity contribution >= 4 is 34.5 Å². The summed E-state index contributed by atoms with van der Waals surface area (Å²) in [5.74, 6) is 1.04. The number of hydrogen-bond donors (Lipinski definition) is 1. The Bertz CT molecular complexity index is 967. The molecule has 1 saturated carbocycles. The Kier molecular flexibility index (Phi) is 6.16. The van der Waals surface area contributed by atoms with Crippen LogP contribution in [0.5, 0.6) is 0 Å². The first kappa shape index (κ1) is 19.9. The highest BCUT2D eigenvalue weighted by atomic mass is 35.5. The molecule has 8 heteroatoms. The highest BCUT2D eigenvalue weighted by Gasteiger charge is 2.24. The van der Waals surface area contributed by atoms with Crippen molar-refractivity contribution in [2.45, 2.75) is 44.7 Å². The number of anilines is 1. The molecule has 1 aliphatic rings. The van der Waals surface area contributed by atoms with E-state index in [0.29, 0.717) is 34.9 Å². The van der Waals surface area contributed by atoms with Gasteiger partial charge in [0.2, 0.25) is 11.7 Å². The Morgan fingerprint density at radius 1 is 1.31 bits per heavy atom. The molecule has 0 atom stereocenters. The molecule has 0 aliphatic heterocycles. The molecule has 1 fully saturated rings. The fourth-order valence-electron chi connectivity index (χ4n) is 3.64. The number of halogens is 1. The van der Waals surface area contributed by atoms with Crippen molar-refractivity contribution in [1.29, 1.82) is 0 Å². The van der Waals surface area contributed by atoms with Gasteiger partial charge in [-0.1, -0.05) is 36.0 Å². The van der Waals surface area contributed by atoms with Crippen LogP contribution in [-0.4, -0.2) is 34.0 Å². The summed E-state index contributed by atoms with van der Waals surface area (Å²) in [7, 11) is 1.88. The quantitative estimate of drug-likeness (QED) is 0.561. The lowest BCUT2D eigenvalue weighted by Crippen LogP contribution is -2.38. The van der Waals surface area contributed by atoms with Crippen molar-refractivity contribution in [3.63, 3.8) is 0 Å². The SMILES string of the molecule is CN(C(=O)c1ccc(NCc2nc(-c3ccsc3)no2)cc1Cl)C1CCCCC1. The van der Waals surface area contributed by atoms with Crippen LogP contribution in [0.1, 0.15) is 48.4 Å². The normalized spacial score (nSPS) is 14.7. The van der Waals surface area contributed by atoms with E-state index in [1.807, 2.05) is 34.8 Å². The third-order valence-electron chi connectivity index (χ3n) is 5.33. The second kappa shape index (κ2) is 8.97. The summed E-state index contributed by atoms with van der Waals surface area (Å²) in [6, 6.07) is 7.65. The Morgan fingerprint density at radius 2 is 2.14 bits per heavy atom. The van der Waals surface area contributed by atoms with Gasteiger partial charge < -0.3 is 14.7 Å². The lowest BCUT2D eigenvalue weighted by atomic mass is 9.94. The van der Waals surface area contributed by atoms with Crippen LogP contribution in [0.25, 0.3) is 11.4 Å². The van der Waals surface area contributed by atoms with Gasteiger partial charge in [-0.3, -0.25) is 4.79 Å². The number of carbonyl (C=O) groups excluding carboxylic acids is 1. The van der Waals surface area contributed by atoms with Gasteiger partial charge in [-0.15, -0.1) is 0 Å². The summed E-state index contributed by atoms with van der Waals surface area (Å²) in [5.41, 5.74) is 2.27. The Hall–Kier alpha value is -2.38. The average molecular weight is 431 g/mol. The molecule has 0 spiro atoms. The molecule has 29 heavy (non-hydrogen) atoms. The van der Waals surface area contributed by atoms with Gasteiger partial charge in [0.25, 0.3) is 5.91 Å². The summed E-state index contributed by atoms with van der Waals surface area (Å²) >= 11 is 8.01. The summed E-state index contributed by atoms with van der Waals surface area (Å²) in [6.07, 6.45) is 5.76. The maximum absolute atomic E-state index is 12.9. The first-order chi connectivity index (χ1) is 14.1. The van der Waals surface area contributed by atoms with Crippen LogP contribution in [0.4, 0.5) is 5.69 Å². The maximum Gasteiger partial charge on any atom is 0.255 e. The van der Waals surface area contributed by atoms with Gasteiger partial charge in [0.1, 0.15) is 0 Å². The number of thiophene rings is 1. The zero-order valence-electron chi connectivity index (χ0n) is 16.2. The molecule has 1 amide bonds. The lowest BCUT2D eigenvalue weighted by molar-refractivity contribution is 0.0696. The fraction of sp³-hybridized carbons (Fsp3) is 0.381. The van der Waals surface area contributed by atoms with Gasteiger partial charge in [0.15, 0.2) is 0 Å². The molecule has 0 saturated heterocycles. The molecule has 4 rings (SSSR count). The second-order valence-corrected chi connectivity index (χ2v) is 8.47. The molecule has 3 aromatic rings. The van der Waals surface area contributed by atoms with Gasteiger partial charge in [-0.05, 0) is 42.5 Å². The van der Waals surface area contributed by atoms with Gasteiger partial charge in [-0.25, -0.2) is 0 Å². The van der Waals surface area contributed by atoms with E-state index in [9.17, 15) is 4.79 Å². The van der Waals surface area contributed by atoms with Crippen molar-refractivity contribution in [2.75, 3.05) is 12.4 Å². The van der Waals surface area contributed by atoms with Gasteiger partial charge in [0, 0.05) is 29.7 Å². The molecular formula is C21H23ClN4O2S. The molecular weight excluding hydrogens is 408 g/mol. The number of nitrogens with one attached hydrogen (secondary N) is 1. The number of aromatic nitrogens is 2. The van der Waals surface area contributed by atoms with Crippen LogP contribution in [0.2, 0.25) is 5.02 Å². The number of benzene rings is 1. The van der Waals surface area contributed by atoms with Crippen molar-refractivity contribution < 1.29 is 9.32 Å². The van der Waals surface area contributed by atoms with Crippen molar-refractivity contribution in [1.82, 2.24) is 15.0 Å². The fourth-order valence-corrected chi connectivity index (χ4v) is 4.53. The minimum absolute atomic E-state index is 0.0224. The number of amides is 1. The third-order valence-corrected chi connectivity index (χ3v) is 6.33. The van der Waals surface area contributed by atoms with Crippen LogP contribution < -0.4 is 5.32 Å². The largest absolute Gasteiger partial charge is 0.376 e. The molecule has 2 aromatic heterocycles. The molecule has 1 aliphatic carbocycles. The molecule has 0 radical (unpaired) electrons. The smallest absolute Gasteiger partial charge is 0.255 e. The van der Waals surface area contributed by atoms with E-state index in [4.69, 9.17) is 16.1 Å². The van der Waals surface area contributed by atoms with Crippen LogP contribution in [0, 0.1) is 0 Å². The highest BCUT2D eigenvalue weighted by molar-refractivity contribution is 7.08. The van der Waals surface area contributed by atoms with Gasteiger partial charge in [0.05, 0.1) is 17.1 Å². The third kappa shape index (κ3) is 4.62. The molecule has 6 nitrogen and oxygen atoms in total. The predicted molar refractivity (Wildman–Crippen MR) is 115 cm³/mol. The summed E-state index contributed by atoms with van der Waals surface area (Å²) in [4.78, 5) is 19.1. The number of hydrogen-bond acceptors (Lipinski definition) is 6. The molecule has 0 unspecified atom stereocenters. The van der Waals surface area contributed by atoms with E-state index in [1.165, 1.54) is 19.3 Å². The van der Waals surface area contributed by atoms with Gasteiger partial charge in [-0.2, -0.15) is 16.3 Å². The minimum Gasteiger partial charge on any atom is -0.376 e. The summed E-state index contributed by atoms with van der Waals surface area (Å²) in [6.45, 7) is 0.378. The Morgan fingerprint density at radius 3 is 2.86 bits per heavy atom. The zero-order valence-corrected chi connectivity index (χ0v) is 17.8. The van der Waals surface area contributed by atoms with Crippen molar-refractivity contribution in [3.05, 3.63) is 51.5 Å². The summed E-state index contributed by atoms with van der Waals surface area (Å²) in [5, 5.41) is 11.6. The number of rotatable bonds is 6. The first-order valence-corrected chi connectivity index (χ1v) is 11.1. The van der Waals surface area contributed by atoms with E-state index in [-0.39, 0.29) is 5.91 Å². The minimum atomic E-state index is -0.0224. The van der Waals surface area contributed by atoms with Crippen LogP contribution in [0.15, 0.2) is 39.5 Å². The molecule has 2 heterocycles. The standard InChI is InChI=1S/C21H23ClN4O2S/c1-26(16-5-3-2-4-6-16)21(27)17-8-7-15(11-18(17)22)23-12-19-24-20(25-28-19)14-9-10-29-13-14/h7-11,13,16,23H,2-6,12H2,1H3. The molecule has 1 aromatic carbocycles. The van der Waals surface area contributed by atoms with Crippen molar-refractivity contribution in [2.24, 2.45) is 0 Å².